The molecule has 0 saturated heterocycles. The second kappa shape index (κ2) is 10.7. The number of carbonyl (C=O) groups is 2. The summed E-state index contributed by atoms with van der Waals surface area (Å²) in [5.41, 5.74) is 1.76. The van der Waals surface area contributed by atoms with Crippen molar-refractivity contribution in [3.05, 3.63) is 59.4 Å². The molecule has 0 aromatic heterocycles. The highest BCUT2D eigenvalue weighted by Gasteiger charge is 2.30. The standard InChI is InChI=1S/C26H31FN2O4/c1-2-22(26(31)28-21-5-3-4-6-21)29(16-19-7-11-20(27)12-8-19)25(30)14-10-18-9-13-23-24(15-18)33-17-32-23/h7-9,11-13,15,21-22H,2-6,10,14,16-17H2,1H3,(H,28,31). The van der Waals surface area contributed by atoms with Crippen LogP contribution in [0.5, 0.6) is 11.5 Å². The van der Waals surface area contributed by atoms with E-state index < -0.39 is 6.04 Å². The highest BCUT2D eigenvalue weighted by Crippen LogP contribution is 2.33. The molecule has 7 heteroatoms. The molecular formula is C26H31FN2O4. The summed E-state index contributed by atoms with van der Waals surface area (Å²) in [6, 6.07) is 11.4. The number of fused-ring (bicyclic) bond motifs is 1. The molecule has 0 bridgehead atoms. The van der Waals surface area contributed by atoms with Crippen LogP contribution in [0, 0.1) is 5.82 Å². The highest BCUT2D eigenvalue weighted by atomic mass is 19.1. The fourth-order valence-corrected chi connectivity index (χ4v) is 4.56. The van der Waals surface area contributed by atoms with Gasteiger partial charge < -0.3 is 19.7 Å². The Kier molecular flexibility index (Phi) is 7.47. The first-order valence-electron chi connectivity index (χ1n) is 11.8. The molecule has 2 amide bonds. The Bertz CT molecular complexity index is 973. The van der Waals surface area contributed by atoms with Crippen LogP contribution in [0.4, 0.5) is 4.39 Å². The molecule has 1 fully saturated rings. The van der Waals surface area contributed by atoms with E-state index in [0.717, 1.165) is 36.8 Å². The number of amides is 2. The third kappa shape index (κ3) is 5.83. The Morgan fingerprint density at radius 2 is 1.76 bits per heavy atom. The van der Waals surface area contributed by atoms with E-state index in [9.17, 15) is 14.0 Å². The summed E-state index contributed by atoms with van der Waals surface area (Å²) in [6.07, 6.45) is 5.50. The number of aryl methyl sites for hydroxylation is 1. The Balaban J connectivity index is 1.48. The van der Waals surface area contributed by atoms with Crippen LogP contribution < -0.4 is 14.8 Å². The molecule has 4 rings (SSSR count). The Morgan fingerprint density at radius 1 is 1.06 bits per heavy atom. The van der Waals surface area contributed by atoms with Crippen molar-refractivity contribution in [3.8, 4) is 11.5 Å². The maximum Gasteiger partial charge on any atom is 0.243 e. The Morgan fingerprint density at radius 3 is 2.48 bits per heavy atom. The van der Waals surface area contributed by atoms with Crippen LogP contribution in [0.3, 0.4) is 0 Å². The van der Waals surface area contributed by atoms with E-state index >= 15 is 0 Å². The quantitative estimate of drug-likeness (QED) is 0.612. The van der Waals surface area contributed by atoms with Gasteiger partial charge in [-0.05, 0) is 61.1 Å². The molecule has 1 N–H and O–H groups in total. The van der Waals surface area contributed by atoms with E-state index in [-0.39, 0.29) is 43.4 Å². The number of benzene rings is 2. The van der Waals surface area contributed by atoms with Crippen molar-refractivity contribution in [3.63, 3.8) is 0 Å². The van der Waals surface area contributed by atoms with Gasteiger partial charge in [0.15, 0.2) is 11.5 Å². The molecule has 1 unspecified atom stereocenters. The fraction of sp³-hybridized carbons (Fsp3) is 0.462. The van der Waals surface area contributed by atoms with Crippen LogP contribution in [-0.4, -0.2) is 35.6 Å². The summed E-state index contributed by atoms with van der Waals surface area (Å²) < 4.78 is 24.2. The molecule has 2 aliphatic rings. The maximum absolute atomic E-state index is 13.4. The van der Waals surface area contributed by atoms with Crippen LogP contribution in [0.15, 0.2) is 42.5 Å². The third-order valence-corrected chi connectivity index (χ3v) is 6.42. The van der Waals surface area contributed by atoms with Gasteiger partial charge in [0.05, 0.1) is 0 Å². The zero-order valence-corrected chi connectivity index (χ0v) is 19.0. The van der Waals surface area contributed by atoms with Gasteiger partial charge in [-0.1, -0.05) is 38.0 Å². The number of hydrogen-bond donors (Lipinski definition) is 1. The highest BCUT2D eigenvalue weighted by molar-refractivity contribution is 5.88. The van der Waals surface area contributed by atoms with E-state index in [1.54, 1.807) is 17.0 Å². The lowest BCUT2D eigenvalue weighted by atomic mass is 10.1. The molecule has 176 valence electrons. The van der Waals surface area contributed by atoms with Crippen molar-refractivity contribution >= 4 is 11.8 Å². The summed E-state index contributed by atoms with van der Waals surface area (Å²) in [7, 11) is 0. The van der Waals surface area contributed by atoms with E-state index in [1.165, 1.54) is 12.1 Å². The molecule has 0 spiro atoms. The Hall–Kier alpha value is -3.09. The van der Waals surface area contributed by atoms with Gasteiger partial charge in [-0.2, -0.15) is 0 Å². The van der Waals surface area contributed by atoms with Crippen molar-refractivity contribution in [1.29, 1.82) is 0 Å². The van der Waals surface area contributed by atoms with Crippen LogP contribution in [0.2, 0.25) is 0 Å². The SMILES string of the molecule is CCC(C(=O)NC1CCCC1)N(Cc1ccc(F)cc1)C(=O)CCc1ccc2c(c1)OCO2. The number of nitrogens with one attached hydrogen (secondary N) is 1. The molecule has 1 atom stereocenters. The predicted molar refractivity (Wildman–Crippen MR) is 122 cm³/mol. The lowest BCUT2D eigenvalue weighted by Crippen LogP contribution is -2.51. The van der Waals surface area contributed by atoms with Crippen LogP contribution >= 0.6 is 0 Å². The lowest BCUT2D eigenvalue weighted by Gasteiger charge is -2.31. The predicted octanol–water partition coefficient (Wildman–Crippen LogP) is 4.35. The topological polar surface area (TPSA) is 67.9 Å². The number of carbonyl (C=O) groups excluding carboxylic acids is 2. The van der Waals surface area contributed by atoms with Crippen LogP contribution in [0.25, 0.3) is 0 Å². The molecule has 0 radical (unpaired) electrons. The second-order valence-electron chi connectivity index (χ2n) is 8.75. The van der Waals surface area contributed by atoms with Gasteiger partial charge >= 0.3 is 0 Å². The molecule has 33 heavy (non-hydrogen) atoms. The molecule has 6 nitrogen and oxygen atoms in total. The van der Waals surface area contributed by atoms with Gasteiger partial charge in [-0.3, -0.25) is 9.59 Å². The minimum Gasteiger partial charge on any atom is -0.454 e. The normalized spacial score (nSPS) is 15.9. The number of ether oxygens (including phenoxy) is 2. The summed E-state index contributed by atoms with van der Waals surface area (Å²) in [5, 5.41) is 3.14. The third-order valence-electron chi connectivity index (χ3n) is 6.42. The van der Waals surface area contributed by atoms with Gasteiger partial charge in [-0.25, -0.2) is 4.39 Å². The smallest absolute Gasteiger partial charge is 0.243 e. The van der Waals surface area contributed by atoms with E-state index in [2.05, 4.69) is 5.32 Å². The van der Waals surface area contributed by atoms with Gasteiger partial charge in [0, 0.05) is 19.0 Å². The number of rotatable bonds is 9. The largest absolute Gasteiger partial charge is 0.454 e. The summed E-state index contributed by atoms with van der Waals surface area (Å²) in [5.74, 6) is 0.849. The van der Waals surface area contributed by atoms with Crippen molar-refractivity contribution < 1.29 is 23.5 Å². The van der Waals surface area contributed by atoms with Crippen molar-refractivity contribution in [2.45, 2.75) is 70.5 Å². The van der Waals surface area contributed by atoms with Crippen LogP contribution in [-0.2, 0) is 22.6 Å². The number of halogens is 1. The molecular weight excluding hydrogens is 423 g/mol. The van der Waals surface area contributed by atoms with E-state index in [4.69, 9.17) is 9.47 Å². The van der Waals surface area contributed by atoms with Crippen LogP contribution in [0.1, 0.15) is 56.6 Å². The van der Waals surface area contributed by atoms with E-state index in [1.807, 2.05) is 25.1 Å². The molecule has 1 heterocycles. The number of nitrogens with zero attached hydrogens (tertiary/aromatic N) is 1. The molecule has 1 saturated carbocycles. The molecule has 1 aliphatic carbocycles. The molecule has 2 aromatic carbocycles. The minimum absolute atomic E-state index is 0.106. The Labute approximate surface area is 194 Å². The van der Waals surface area contributed by atoms with Gasteiger partial charge in [0.25, 0.3) is 0 Å². The zero-order chi connectivity index (χ0) is 23.2. The molecule has 2 aromatic rings. The van der Waals surface area contributed by atoms with Gasteiger partial charge in [0.1, 0.15) is 11.9 Å². The van der Waals surface area contributed by atoms with Gasteiger partial charge in [0.2, 0.25) is 18.6 Å². The lowest BCUT2D eigenvalue weighted by molar-refractivity contribution is -0.141. The average molecular weight is 455 g/mol. The summed E-state index contributed by atoms with van der Waals surface area (Å²) >= 11 is 0. The summed E-state index contributed by atoms with van der Waals surface area (Å²) in [6.45, 7) is 2.38. The first-order valence-corrected chi connectivity index (χ1v) is 11.8. The first kappa shape index (κ1) is 23.1. The van der Waals surface area contributed by atoms with Crippen molar-refractivity contribution in [2.24, 2.45) is 0 Å². The van der Waals surface area contributed by atoms with E-state index in [0.29, 0.717) is 24.3 Å². The molecule has 1 aliphatic heterocycles. The first-order chi connectivity index (χ1) is 16.0. The van der Waals surface area contributed by atoms with Crippen molar-refractivity contribution in [1.82, 2.24) is 10.2 Å². The fourth-order valence-electron chi connectivity index (χ4n) is 4.56. The van der Waals surface area contributed by atoms with Gasteiger partial charge in [-0.15, -0.1) is 0 Å². The second-order valence-corrected chi connectivity index (χ2v) is 8.75. The maximum atomic E-state index is 13.4. The monoisotopic (exact) mass is 454 g/mol. The minimum atomic E-state index is -0.570. The zero-order valence-electron chi connectivity index (χ0n) is 19.0. The summed E-state index contributed by atoms with van der Waals surface area (Å²) in [4.78, 5) is 28.2. The average Bonchev–Trinajstić information content (AvgIpc) is 3.50. The van der Waals surface area contributed by atoms with Crippen molar-refractivity contribution in [2.75, 3.05) is 6.79 Å². The number of hydrogen-bond acceptors (Lipinski definition) is 4.